The molecule has 1 saturated heterocycles. The number of esters is 1. The fourth-order valence-corrected chi connectivity index (χ4v) is 5.09. The molecule has 194 valence electrons. The maximum absolute atomic E-state index is 13.2. The Balaban J connectivity index is 1.86. The Morgan fingerprint density at radius 3 is 2.28 bits per heavy atom. The van der Waals surface area contributed by atoms with Gasteiger partial charge in [-0.15, -0.1) is 0 Å². The van der Waals surface area contributed by atoms with Crippen LogP contribution in [0.5, 0.6) is 5.75 Å². The van der Waals surface area contributed by atoms with E-state index in [1.165, 1.54) is 31.4 Å². The van der Waals surface area contributed by atoms with E-state index in [4.69, 9.17) is 15.2 Å². The maximum Gasteiger partial charge on any atom is 0.338 e. The van der Waals surface area contributed by atoms with Crippen LogP contribution < -0.4 is 14.8 Å². The molecule has 1 unspecified atom stereocenters. The Bertz CT molecular complexity index is 1270. The summed E-state index contributed by atoms with van der Waals surface area (Å²) >= 11 is 0. The highest BCUT2D eigenvalue weighted by molar-refractivity contribution is 7.91. The first-order valence-corrected chi connectivity index (χ1v) is 12.4. The van der Waals surface area contributed by atoms with E-state index in [9.17, 15) is 27.9 Å². The molecule has 0 radical (unpaired) electrons. The van der Waals surface area contributed by atoms with Crippen LogP contribution in [0.15, 0.2) is 48.5 Å². The number of carboxylic acids is 1. The summed E-state index contributed by atoms with van der Waals surface area (Å²) in [4.78, 5) is 37.1. The molecule has 36 heavy (non-hydrogen) atoms. The third-order valence-corrected chi connectivity index (χ3v) is 7.21. The molecule has 2 aromatic carbocycles. The number of carbonyl (C=O) groups is 3. The van der Waals surface area contributed by atoms with Crippen LogP contribution in [-0.2, 0) is 42.3 Å². The second kappa shape index (κ2) is 9.78. The zero-order valence-electron chi connectivity index (χ0n) is 20.4. The fourth-order valence-electron chi connectivity index (χ4n) is 3.57. The van der Waals surface area contributed by atoms with Crippen molar-refractivity contribution in [1.29, 1.82) is 0 Å². The maximum atomic E-state index is 13.2. The van der Waals surface area contributed by atoms with E-state index in [-0.39, 0.29) is 17.8 Å². The number of nitrogens with two attached hydrogens (primary N) is 1. The topological polar surface area (TPSA) is 157 Å². The third kappa shape index (κ3) is 5.60. The number of hydrogen-bond donors (Lipinski definition) is 2. The smallest absolute Gasteiger partial charge is 0.338 e. The van der Waals surface area contributed by atoms with E-state index in [0.717, 1.165) is 8.61 Å². The number of aliphatic carboxylic acids is 1. The molecule has 0 spiro atoms. The Morgan fingerprint density at radius 1 is 1.08 bits per heavy atom. The van der Waals surface area contributed by atoms with E-state index in [1.807, 2.05) is 0 Å². The second-order valence-corrected chi connectivity index (χ2v) is 11.2. The fraction of sp³-hybridized carbons (Fsp3) is 0.375. The summed E-state index contributed by atoms with van der Waals surface area (Å²) < 4.78 is 38.4. The molecule has 1 aliphatic heterocycles. The Kier molecular flexibility index (Phi) is 7.32. The number of benzene rings is 2. The lowest BCUT2D eigenvalue weighted by Gasteiger charge is -2.28. The summed E-state index contributed by atoms with van der Waals surface area (Å²) in [6.45, 7) is 4.16. The number of rotatable bonds is 8. The summed E-state index contributed by atoms with van der Waals surface area (Å²) in [6.07, 6.45) is -0.456. The summed E-state index contributed by atoms with van der Waals surface area (Å²) in [5.74, 6) is -2.74. The summed E-state index contributed by atoms with van der Waals surface area (Å²) in [5, 5.41) is 9.68. The third-order valence-electron chi connectivity index (χ3n) is 5.43. The van der Waals surface area contributed by atoms with Crippen LogP contribution in [0.1, 0.15) is 31.9 Å². The molecule has 12 heteroatoms. The first kappa shape index (κ1) is 27.0. The summed E-state index contributed by atoms with van der Waals surface area (Å²) in [5.41, 5.74) is 3.60. The van der Waals surface area contributed by atoms with Crippen molar-refractivity contribution in [2.75, 3.05) is 18.0 Å². The average molecular weight is 520 g/mol. The largest absolute Gasteiger partial charge is 0.497 e. The predicted molar refractivity (Wildman–Crippen MR) is 130 cm³/mol. The number of hydrogen-bond acceptors (Lipinski definition) is 8. The van der Waals surface area contributed by atoms with Crippen molar-refractivity contribution in [3.05, 3.63) is 59.7 Å². The van der Waals surface area contributed by atoms with Gasteiger partial charge in [-0.25, -0.2) is 18.2 Å². The van der Waals surface area contributed by atoms with E-state index in [2.05, 4.69) is 0 Å². The van der Waals surface area contributed by atoms with Gasteiger partial charge >= 0.3 is 22.1 Å². The molecule has 1 heterocycles. The minimum atomic E-state index is -4.21. The van der Waals surface area contributed by atoms with Gasteiger partial charge in [-0.2, -0.15) is 8.42 Å². The van der Waals surface area contributed by atoms with Gasteiger partial charge in [-0.3, -0.25) is 4.79 Å². The van der Waals surface area contributed by atoms with Crippen molar-refractivity contribution < 1.29 is 37.4 Å². The molecule has 3 rings (SSSR count). The van der Waals surface area contributed by atoms with Gasteiger partial charge in [0.25, 0.3) is 5.91 Å². The van der Waals surface area contributed by atoms with Crippen LogP contribution in [0.2, 0.25) is 0 Å². The Morgan fingerprint density at radius 2 is 1.72 bits per heavy atom. The van der Waals surface area contributed by atoms with Crippen molar-refractivity contribution in [2.24, 2.45) is 5.73 Å². The molecule has 11 nitrogen and oxygen atoms in total. The van der Waals surface area contributed by atoms with Crippen LogP contribution in [0, 0.1) is 0 Å². The van der Waals surface area contributed by atoms with Gasteiger partial charge in [0.15, 0.2) is 0 Å². The van der Waals surface area contributed by atoms with Crippen LogP contribution >= 0.6 is 0 Å². The lowest BCUT2D eigenvalue weighted by Crippen LogP contribution is -2.58. The van der Waals surface area contributed by atoms with Crippen molar-refractivity contribution in [3.63, 3.8) is 0 Å². The number of carboxylic acid groups (broad SMARTS) is 1. The molecule has 1 amide bonds. The first-order chi connectivity index (χ1) is 16.7. The standard InChI is InChI=1S/C24H29N3O8S/c1-23(2,3)35-22(31)24(25,21(29)30)13-17-6-5-7-18(12-17)26-15-20(28)27(36(26,32)33)14-16-8-10-19(34-4)11-9-16/h5-12H,13-15,25H2,1-4H3,(H,29,30). The van der Waals surface area contributed by atoms with Crippen LogP contribution in [0.25, 0.3) is 0 Å². The molecule has 0 aromatic heterocycles. The van der Waals surface area contributed by atoms with Crippen LogP contribution in [0.4, 0.5) is 5.69 Å². The molecule has 0 saturated carbocycles. The monoisotopic (exact) mass is 519 g/mol. The zero-order valence-corrected chi connectivity index (χ0v) is 21.2. The number of nitrogens with zero attached hydrogens (tertiary/aromatic N) is 2. The van der Waals surface area contributed by atoms with Gasteiger partial charge in [0, 0.05) is 6.42 Å². The summed E-state index contributed by atoms with van der Waals surface area (Å²) in [6, 6.07) is 12.5. The van der Waals surface area contributed by atoms with Crippen molar-refractivity contribution in [2.45, 2.75) is 44.9 Å². The second-order valence-electron chi connectivity index (χ2n) is 9.39. The van der Waals surface area contributed by atoms with Gasteiger partial charge in [-0.05, 0) is 56.2 Å². The van der Waals surface area contributed by atoms with Crippen molar-refractivity contribution >= 4 is 33.7 Å². The lowest BCUT2D eigenvalue weighted by atomic mass is 9.91. The number of amides is 1. The highest BCUT2D eigenvalue weighted by Gasteiger charge is 2.46. The summed E-state index contributed by atoms with van der Waals surface area (Å²) in [7, 11) is -2.71. The van der Waals surface area contributed by atoms with Gasteiger partial charge in [0.05, 0.1) is 19.3 Å². The van der Waals surface area contributed by atoms with Gasteiger partial charge in [0.2, 0.25) is 5.54 Å². The Labute approximate surface area is 209 Å². The number of methoxy groups -OCH3 is 1. The van der Waals surface area contributed by atoms with E-state index in [0.29, 0.717) is 11.3 Å². The lowest BCUT2D eigenvalue weighted by molar-refractivity contribution is -0.169. The highest BCUT2D eigenvalue weighted by atomic mass is 32.2. The minimum absolute atomic E-state index is 0.134. The number of carbonyl (C=O) groups excluding carboxylic acids is 2. The molecular weight excluding hydrogens is 490 g/mol. The average Bonchev–Trinajstić information content (AvgIpc) is 3.01. The Hall–Kier alpha value is -3.64. The van der Waals surface area contributed by atoms with E-state index < -0.39 is 52.2 Å². The van der Waals surface area contributed by atoms with Crippen molar-refractivity contribution in [1.82, 2.24) is 4.31 Å². The number of anilines is 1. The first-order valence-electron chi connectivity index (χ1n) is 11.0. The quantitative estimate of drug-likeness (QED) is 0.389. The molecule has 0 aliphatic carbocycles. The van der Waals surface area contributed by atoms with Crippen molar-refractivity contribution in [3.8, 4) is 5.75 Å². The molecule has 1 fully saturated rings. The van der Waals surface area contributed by atoms with E-state index in [1.54, 1.807) is 45.0 Å². The molecule has 2 aromatic rings. The highest BCUT2D eigenvalue weighted by Crippen LogP contribution is 2.29. The SMILES string of the molecule is COc1ccc(CN2C(=O)CN(c3cccc(CC(N)(C(=O)O)C(=O)OC(C)(C)C)c3)S2(=O)=O)cc1. The normalized spacial score (nSPS) is 17.0. The van der Waals surface area contributed by atoms with E-state index >= 15 is 0 Å². The molecular formula is C24H29N3O8S. The van der Waals surface area contributed by atoms with Gasteiger partial charge in [-0.1, -0.05) is 24.3 Å². The van der Waals surface area contributed by atoms with Gasteiger partial charge < -0.3 is 20.3 Å². The van der Waals surface area contributed by atoms with Crippen LogP contribution in [0.3, 0.4) is 0 Å². The zero-order chi connectivity index (χ0) is 26.9. The van der Waals surface area contributed by atoms with Crippen LogP contribution in [-0.4, -0.2) is 60.5 Å². The molecule has 0 bridgehead atoms. The molecule has 1 aliphatic rings. The van der Waals surface area contributed by atoms with Gasteiger partial charge in [0.1, 0.15) is 17.9 Å². The number of ether oxygens (including phenoxy) is 2. The molecule has 1 atom stereocenters. The predicted octanol–water partition coefficient (Wildman–Crippen LogP) is 1.46. The minimum Gasteiger partial charge on any atom is -0.497 e. The molecule has 3 N–H and O–H groups in total.